The molecule has 0 aromatic carbocycles. The summed E-state index contributed by atoms with van der Waals surface area (Å²) < 4.78 is 0. The van der Waals surface area contributed by atoms with Crippen LogP contribution in [0.3, 0.4) is 0 Å². The van der Waals surface area contributed by atoms with Crippen molar-refractivity contribution in [3.05, 3.63) is 21.9 Å². The number of thiophene rings is 1. The van der Waals surface area contributed by atoms with Gasteiger partial charge in [0.15, 0.2) is 0 Å². The summed E-state index contributed by atoms with van der Waals surface area (Å²) in [5, 5.41) is 0. The number of hydrogen-bond donors (Lipinski definition) is 1. The molecule has 0 spiro atoms. The standard InChI is InChI=1S/C16H30N2S2/c1-12(9-10-19-6)18(5)13(11-17)14-7-8-15(20-14)16(2,3)4/h7-8,12-13H,9-11,17H2,1-6H3. The Morgan fingerprint density at radius 2 is 2.00 bits per heavy atom. The fourth-order valence-corrected chi connectivity index (χ4v) is 4.02. The first-order valence-corrected chi connectivity index (χ1v) is 9.53. The van der Waals surface area contributed by atoms with Crippen molar-refractivity contribution < 1.29 is 0 Å². The van der Waals surface area contributed by atoms with Gasteiger partial charge in [-0.2, -0.15) is 11.8 Å². The summed E-state index contributed by atoms with van der Waals surface area (Å²) in [4.78, 5) is 5.28. The number of likely N-dealkylation sites (N-methyl/N-ethyl adjacent to an activating group) is 1. The largest absolute Gasteiger partial charge is 0.329 e. The SMILES string of the molecule is CSCCC(C)N(C)C(CN)c1ccc(C(C)(C)C)s1. The van der Waals surface area contributed by atoms with E-state index in [9.17, 15) is 0 Å². The van der Waals surface area contributed by atoms with Gasteiger partial charge in [0, 0.05) is 22.3 Å². The van der Waals surface area contributed by atoms with Crippen molar-refractivity contribution in [2.45, 2.75) is 51.6 Å². The highest BCUT2D eigenvalue weighted by Crippen LogP contribution is 2.34. The molecule has 0 bridgehead atoms. The molecule has 1 aromatic rings. The van der Waals surface area contributed by atoms with Crippen molar-refractivity contribution in [2.75, 3.05) is 25.6 Å². The zero-order chi connectivity index (χ0) is 15.3. The highest BCUT2D eigenvalue weighted by molar-refractivity contribution is 7.98. The van der Waals surface area contributed by atoms with Crippen LogP contribution >= 0.6 is 23.1 Å². The van der Waals surface area contributed by atoms with E-state index in [1.807, 2.05) is 23.1 Å². The summed E-state index contributed by atoms with van der Waals surface area (Å²) in [6.45, 7) is 9.79. The van der Waals surface area contributed by atoms with Crippen LogP contribution in [0.15, 0.2) is 12.1 Å². The predicted octanol–water partition coefficient (Wildman–Crippen LogP) is 4.12. The lowest BCUT2D eigenvalue weighted by molar-refractivity contribution is 0.188. The third kappa shape index (κ3) is 4.76. The van der Waals surface area contributed by atoms with Crippen LogP contribution in [0.1, 0.15) is 49.9 Å². The molecule has 2 atom stereocenters. The lowest BCUT2D eigenvalue weighted by Gasteiger charge is -2.32. The summed E-state index contributed by atoms with van der Waals surface area (Å²) in [5.41, 5.74) is 6.28. The molecule has 116 valence electrons. The van der Waals surface area contributed by atoms with E-state index in [1.54, 1.807) is 0 Å². The van der Waals surface area contributed by atoms with E-state index >= 15 is 0 Å². The quantitative estimate of drug-likeness (QED) is 0.821. The lowest BCUT2D eigenvalue weighted by atomic mass is 9.95. The highest BCUT2D eigenvalue weighted by Gasteiger charge is 2.24. The molecule has 0 radical (unpaired) electrons. The van der Waals surface area contributed by atoms with E-state index in [1.165, 1.54) is 21.9 Å². The van der Waals surface area contributed by atoms with Crippen LogP contribution in [0.4, 0.5) is 0 Å². The van der Waals surface area contributed by atoms with Crippen LogP contribution in [0.5, 0.6) is 0 Å². The average Bonchev–Trinajstić information content (AvgIpc) is 2.86. The topological polar surface area (TPSA) is 29.3 Å². The first-order valence-electron chi connectivity index (χ1n) is 7.32. The Labute approximate surface area is 133 Å². The Bertz CT molecular complexity index is 395. The number of nitrogens with zero attached hydrogens (tertiary/aromatic N) is 1. The molecule has 2 nitrogen and oxygen atoms in total. The van der Waals surface area contributed by atoms with Gasteiger partial charge in [0.2, 0.25) is 0 Å². The summed E-state index contributed by atoms with van der Waals surface area (Å²) in [6, 6.07) is 5.44. The van der Waals surface area contributed by atoms with E-state index in [2.05, 4.69) is 58.0 Å². The van der Waals surface area contributed by atoms with Crippen LogP contribution in [0.2, 0.25) is 0 Å². The highest BCUT2D eigenvalue weighted by atomic mass is 32.2. The maximum absolute atomic E-state index is 6.05. The first-order chi connectivity index (χ1) is 9.31. The Balaban J connectivity index is 2.82. The monoisotopic (exact) mass is 314 g/mol. The molecule has 0 aliphatic carbocycles. The fraction of sp³-hybridized carbons (Fsp3) is 0.750. The summed E-state index contributed by atoms with van der Waals surface area (Å²) in [6.07, 6.45) is 3.38. The molecule has 2 N–H and O–H groups in total. The minimum atomic E-state index is 0.227. The summed E-state index contributed by atoms with van der Waals surface area (Å²) in [5.74, 6) is 1.21. The van der Waals surface area contributed by atoms with Crippen molar-refractivity contribution in [2.24, 2.45) is 5.73 Å². The van der Waals surface area contributed by atoms with Gasteiger partial charge in [-0.05, 0) is 49.9 Å². The second kappa shape index (κ2) is 7.83. The zero-order valence-electron chi connectivity index (χ0n) is 13.8. The van der Waals surface area contributed by atoms with E-state index in [0.29, 0.717) is 18.6 Å². The predicted molar refractivity (Wildman–Crippen MR) is 95.0 cm³/mol. The van der Waals surface area contributed by atoms with Crippen LogP contribution in [0.25, 0.3) is 0 Å². The molecule has 0 fully saturated rings. The van der Waals surface area contributed by atoms with Gasteiger partial charge in [-0.25, -0.2) is 0 Å². The minimum Gasteiger partial charge on any atom is -0.329 e. The van der Waals surface area contributed by atoms with E-state index in [-0.39, 0.29) is 5.41 Å². The van der Waals surface area contributed by atoms with Gasteiger partial charge < -0.3 is 5.73 Å². The van der Waals surface area contributed by atoms with Gasteiger partial charge in [0.1, 0.15) is 0 Å². The average molecular weight is 315 g/mol. The second-order valence-electron chi connectivity index (χ2n) is 6.50. The summed E-state index contributed by atoms with van der Waals surface area (Å²) in [7, 11) is 2.21. The molecular weight excluding hydrogens is 284 g/mol. The molecular formula is C16H30N2S2. The molecule has 1 heterocycles. The van der Waals surface area contributed by atoms with Gasteiger partial charge >= 0.3 is 0 Å². The molecule has 4 heteroatoms. The van der Waals surface area contributed by atoms with Crippen molar-refractivity contribution in [1.29, 1.82) is 0 Å². The molecule has 0 amide bonds. The van der Waals surface area contributed by atoms with E-state index in [4.69, 9.17) is 5.73 Å². The zero-order valence-corrected chi connectivity index (χ0v) is 15.4. The van der Waals surface area contributed by atoms with Gasteiger partial charge in [0.25, 0.3) is 0 Å². The van der Waals surface area contributed by atoms with Crippen molar-refractivity contribution in [3.63, 3.8) is 0 Å². The number of thioether (sulfide) groups is 1. The molecule has 0 saturated carbocycles. The molecule has 0 aliphatic rings. The lowest BCUT2D eigenvalue weighted by Crippen LogP contribution is -2.37. The maximum Gasteiger partial charge on any atom is 0.0564 e. The van der Waals surface area contributed by atoms with Crippen LogP contribution in [0, 0.1) is 0 Å². The third-order valence-electron chi connectivity index (χ3n) is 3.84. The maximum atomic E-state index is 6.05. The van der Waals surface area contributed by atoms with Gasteiger partial charge in [-0.15, -0.1) is 11.3 Å². The fourth-order valence-electron chi connectivity index (χ4n) is 2.22. The number of rotatable bonds is 7. The van der Waals surface area contributed by atoms with E-state index < -0.39 is 0 Å². The van der Waals surface area contributed by atoms with Gasteiger partial charge in [0.05, 0.1) is 6.04 Å². The molecule has 0 saturated heterocycles. The molecule has 20 heavy (non-hydrogen) atoms. The summed E-state index contributed by atoms with van der Waals surface area (Å²) >= 11 is 3.83. The van der Waals surface area contributed by atoms with Gasteiger partial charge in [-0.3, -0.25) is 4.90 Å². The molecule has 0 aliphatic heterocycles. The first kappa shape index (κ1) is 18.0. The van der Waals surface area contributed by atoms with Crippen molar-refractivity contribution in [1.82, 2.24) is 4.90 Å². The minimum absolute atomic E-state index is 0.227. The van der Waals surface area contributed by atoms with Crippen LogP contribution in [-0.4, -0.2) is 36.5 Å². The van der Waals surface area contributed by atoms with E-state index in [0.717, 1.165) is 0 Å². The number of nitrogens with two attached hydrogens (primary N) is 1. The Kier molecular flexibility index (Phi) is 7.06. The second-order valence-corrected chi connectivity index (χ2v) is 8.60. The van der Waals surface area contributed by atoms with Crippen molar-refractivity contribution in [3.8, 4) is 0 Å². The Hall–Kier alpha value is -0.0300. The Morgan fingerprint density at radius 1 is 1.35 bits per heavy atom. The molecule has 2 unspecified atom stereocenters. The normalized spacial score (nSPS) is 15.6. The third-order valence-corrected chi connectivity index (χ3v) is 6.10. The Morgan fingerprint density at radius 3 is 2.45 bits per heavy atom. The molecule has 1 aromatic heterocycles. The van der Waals surface area contributed by atoms with Crippen LogP contribution in [-0.2, 0) is 5.41 Å². The number of hydrogen-bond acceptors (Lipinski definition) is 4. The van der Waals surface area contributed by atoms with Gasteiger partial charge in [-0.1, -0.05) is 20.8 Å². The smallest absolute Gasteiger partial charge is 0.0564 e. The molecule has 1 rings (SSSR count). The van der Waals surface area contributed by atoms with Crippen molar-refractivity contribution >= 4 is 23.1 Å². The van der Waals surface area contributed by atoms with Crippen LogP contribution < -0.4 is 5.73 Å².